The van der Waals surface area contributed by atoms with E-state index in [0.717, 1.165) is 25.0 Å². The highest BCUT2D eigenvalue weighted by atomic mass is 35.5. The van der Waals surface area contributed by atoms with Crippen molar-refractivity contribution in [3.8, 4) is 11.5 Å². The molecule has 2 heterocycles. The Labute approximate surface area is 226 Å². The average Bonchev–Trinajstić information content (AvgIpc) is 3.65. The zero-order chi connectivity index (χ0) is 27.7. The second-order valence-electron chi connectivity index (χ2n) is 9.51. The number of anilines is 1. The minimum Gasteiger partial charge on any atom is -0.415 e. The van der Waals surface area contributed by atoms with Gasteiger partial charge < -0.3 is 14.2 Å². The second-order valence-corrected chi connectivity index (χ2v) is 9.91. The summed E-state index contributed by atoms with van der Waals surface area (Å²) in [6.45, 7) is 1.85. The Morgan fingerprint density at radius 1 is 1.03 bits per heavy atom. The molecule has 13 heteroatoms. The highest BCUT2D eigenvalue weighted by molar-refractivity contribution is 6.31. The summed E-state index contributed by atoms with van der Waals surface area (Å²) in [6, 6.07) is 7.63. The van der Waals surface area contributed by atoms with E-state index in [9.17, 15) is 22.8 Å². The van der Waals surface area contributed by atoms with Crippen LogP contribution in [0, 0.1) is 17.6 Å². The largest absolute Gasteiger partial charge is 0.415 e. The van der Waals surface area contributed by atoms with Crippen molar-refractivity contribution >= 4 is 29.1 Å². The Morgan fingerprint density at radius 2 is 1.77 bits per heavy atom. The first-order valence-corrected chi connectivity index (χ1v) is 12.7. The lowest BCUT2D eigenvalue weighted by atomic mass is 10.1. The molecule has 39 heavy (non-hydrogen) atoms. The van der Waals surface area contributed by atoms with Gasteiger partial charge in [0.05, 0.1) is 18.1 Å². The first-order chi connectivity index (χ1) is 18.7. The summed E-state index contributed by atoms with van der Waals surface area (Å²) >= 11 is 5.97. The molecule has 8 nitrogen and oxygen atoms in total. The zero-order valence-corrected chi connectivity index (χ0v) is 21.4. The molecule has 5 rings (SSSR count). The molecule has 2 aliphatic rings. The van der Waals surface area contributed by atoms with E-state index in [4.69, 9.17) is 16.0 Å². The number of hydrogen-bond acceptors (Lipinski definition) is 6. The van der Waals surface area contributed by atoms with Crippen LogP contribution in [0.2, 0.25) is 5.02 Å². The van der Waals surface area contributed by atoms with Crippen LogP contribution in [0.3, 0.4) is 0 Å². The van der Waals surface area contributed by atoms with Crippen molar-refractivity contribution in [1.82, 2.24) is 20.0 Å². The number of hydrogen-bond donors (Lipinski definition) is 0. The maximum absolute atomic E-state index is 15.1. The molecule has 1 aromatic heterocycles. The number of aromatic nitrogens is 2. The lowest BCUT2D eigenvalue weighted by molar-refractivity contribution is -0.134. The Hall–Kier alpha value is -3.51. The van der Waals surface area contributed by atoms with Gasteiger partial charge in [-0.3, -0.25) is 14.5 Å². The third kappa shape index (κ3) is 6.22. The van der Waals surface area contributed by atoms with Gasteiger partial charge in [0, 0.05) is 48.9 Å². The van der Waals surface area contributed by atoms with Gasteiger partial charge in [0.15, 0.2) is 0 Å². The van der Waals surface area contributed by atoms with E-state index in [1.165, 1.54) is 29.2 Å². The Balaban J connectivity index is 1.32. The molecule has 2 aromatic carbocycles. The third-order valence-electron chi connectivity index (χ3n) is 6.74. The number of amides is 2. The Kier molecular flexibility index (Phi) is 7.85. The van der Waals surface area contributed by atoms with E-state index >= 15 is 4.39 Å². The van der Waals surface area contributed by atoms with Crippen LogP contribution in [0.4, 0.5) is 23.2 Å². The van der Waals surface area contributed by atoms with Crippen molar-refractivity contribution in [3.63, 3.8) is 0 Å². The quantitative estimate of drug-likeness (QED) is 0.369. The highest BCUT2D eigenvalue weighted by Gasteiger charge is 2.35. The molecule has 0 atom stereocenters. The predicted octanol–water partition coefficient (Wildman–Crippen LogP) is 4.69. The van der Waals surface area contributed by atoms with Crippen molar-refractivity contribution in [2.24, 2.45) is 5.92 Å². The van der Waals surface area contributed by atoms with Crippen LogP contribution in [0.1, 0.15) is 30.7 Å². The molecular formula is C26H24ClF4N5O3. The first kappa shape index (κ1) is 27.1. The Morgan fingerprint density at radius 3 is 2.38 bits per heavy atom. The van der Waals surface area contributed by atoms with Crippen molar-refractivity contribution in [2.75, 3.05) is 37.6 Å². The fourth-order valence-electron chi connectivity index (χ4n) is 4.39. The number of benzene rings is 2. The highest BCUT2D eigenvalue weighted by Crippen LogP contribution is 2.31. The smallest absolute Gasteiger partial charge is 0.314 e. The van der Waals surface area contributed by atoms with Crippen LogP contribution in [-0.2, 0) is 16.1 Å². The fourth-order valence-corrected chi connectivity index (χ4v) is 4.56. The minimum atomic E-state index is -2.96. The van der Waals surface area contributed by atoms with Gasteiger partial charge in [-0.15, -0.1) is 10.2 Å². The molecular weight excluding hydrogens is 542 g/mol. The van der Waals surface area contributed by atoms with E-state index in [2.05, 4.69) is 10.2 Å². The predicted molar refractivity (Wildman–Crippen MR) is 133 cm³/mol. The monoisotopic (exact) mass is 565 g/mol. The summed E-state index contributed by atoms with van der Waals surface area (Å²) in [5.74, 6) is -2.63. The summed E-state index contributed by atoms with van der Waals surface area (Å²) in [6.07, 6.45) is -1.11. The van der Waals surface area contributed by atoms with Crippen LogP contribution in [-0.4, -0.2) is 64.5 Å². The van der Waals surface area contributed by atoms with E-state index in [1.807, 2.05) is 9.80 Å². The zero-order valence-electron chi connectivity index (χ0n) is 20.6. The van der Waals surface area contributed by atoms with Crippen LogP contribution in [0.5, 0.6) is 0 Å². The fraction of sp³-hybridized carbons (Fsp3) is 0.385. The molecule has 0 N–H and O–H groups in total. The Bertz CT molecular complexity index is 1380. The normalized spacial score (nSPS) is 16.1. The lowest BCUT2D eigenvalue weighted by Crippen LogP contribution is -2.52. The van der Waals surface area contributed by atoms with Gasteiger partial charge in [0.2, 0.25) is 17.7 Å². The van der Waals surface area contributed by atoms with Crippen LogP contribution in [0.15, 0.2) is 40.8 Å². The number of rotatable bonds is 8. The van der Waals surface area contributed by atoms with Gasteiger partial charge in [-0.25, -0.2) is 8.78 Å². The summed E-state index contributed by atoms with van der Waals surface area (Å²) < 4.78 is 59.4. The molecule has 1 saturated carbocycles. The molecule has 0 spiro atoms. The molecule has 0 unspecified atom stereocenters. The van der Waals surface area contributed by atoms with E-state index < -0.39 is 24.0 Å². The van der Waals surface area contributed by atoms with Crippen molar-refractivity contribution in [1.29, 1.82) is 0 Å². The van der Waals surface area contributed by atoms with Crippen LogP contribution in [0.25, 0.3) is 11.5 Å². The SMILES string of the molecule is O=C(C1CC1)N1CCN(CC(=O)N(Cc2ccc(-c3nnc(C(F)F)o3)cc2F)c2ccc(F)c(Cl)c2)CC1. The molecule has 1 saturated heterocycles. The molecule has 0 bridgehead atoms. The average molecular weight is 566 g/mol. The maximum atomic E-state index is 15.1. The van der Waals surface area contributed by atoms with Gasteiger partial charge in [0.25, 0.3) is 5.89 Å². The number of nitrogens with zero attached hydrogens (tertiary/aromatic N) is 5. The number of alkyl halides is 2. The number of carbonyl (C=O) groups excluding carboxylic acids is 2. The summed E-state index contributed by atoms with van der Waals surface area (Å²) in [5, 5.41) is 6.57. The second kappa shape index (κ2) is 11.3. The van der Waals surface area contributed by atoms with Crippen LogP contribution < -0.4 is 4.90 Å². The topological polar surface area (TPSA) is 82.8 Å². The van der Waals surface area contributed by atoms with Gasteiger partial charge in [0.1, 0.15) is 11.6 Å². The number of piperazine rings is 1. The summed E-state index contributed by atoms with van der Waals surface area (Å²) in [5.41, 5.74) is 0.480. The summed E-state index contributed by atoms with van der Waals surface area (Å²) in [7, 11) is 0. The number of carbonyl (C=O) groups is 2. The molecule has 3 aromatic rings. The van der Waals surface area contributed by atoms with Gasteiger partial charge >= 0.3 is 6.43 Å². The molecule has 2 amide bonds. The van der Waals surface area contributed by atoms with Crippen molar-refractivity contribution in [3.05, 3.63) is 64.5 Å². The lowest BCUT2D eigenvalue weighted by Gasteiger charge is -2.35. The third-order valence-corrected chi connectivity index (χ3v) is 7.03. The van der Waals surface area contributed by atoms with E-state index in [0.29, 0.717) is 26.2 Å². The first-order valence-electron chi connectivity index (χ1n) is 12.4. The molecule has 206 valence electrons. The maximum Gasteiger partial charge on any atom is 0.314 e. The molecule has 2 fully saturated rings. The summed E-state index contributed by atoms with van der Waals surface area (Å²) in [4.78, 5) is 30.8. The van der Waals surface area contributed by atoms with Gasteiger partial charge in [-0.05, 0) is 43.2 Å². The molecule has 1 aliphatic carbocycles. The van der Waals surface area contributed by atoms with Crippen molar-refractivity contribution < 1.29 is 31.6 Å². The minimum absolute atomic E-state index is 0.00144. The van der Waals surface area contributed by atoms with Gasteiger partial charge in [-0.2, -0.15) is 8.78 Å². The number of halogens is 5. The standard InChI is InChI=1S/C26H24ClF4N5O3/c27-19-12-18(5-6-20(19)28)36(22(37)14-34-7-9-35(10-8-34)26(38)15-1-2-15)13-17-4-3-16(11-21(17)29)24-32-33-25(39-24)23(30)31/h3-6,11-12,15,23H,1-2,7-10,13-14H2. The van der Waals surface area contributed by atoms with Crippen LogP contribution >= 0.6 is 11.6 Å². The van der Waals surface area contributed by atoms with Gasteiger partial charge in [-0.1, -0.05) is 17.7 Å². The van der Waals surface area contributed by atoms with E-state index in [-0.39, 0.29) is 58.5 Å². The van der Waals surface area contributed by atoms with Crippen molar-refractivity contribution in [2.45, 2.75) is 25.8 Å². The molecule has 1 aliphatic heterocycles. The molecule has 0 radical (unpaired) electrons. The van der Waals surface area contributed by atoms with E-state index in [1.54, 1.807) is 0 Å².